The lowest BCUT2D eigenvalue weighted by Crippen LogP contribution is -2.45. The molecule has 0 bridgehead atoms. The highest BCUT2D eigenvalue weighted by Crippen LogP contribution is 2.13. The molecule has 0 saturated carbocycles. The minimum atomic E-state index is -1.11. The van der Waals surface area contributed by atoms with Crippen LogP contribution in [0.2, 0.25) is 0 Å². The fraction of sp³-hybridized carbons (Fsp3) is 0.727. The normalized spacial score (nSPS) is 14.4. The van der Waals surface area contributed by atoms with Crippen molar-refractivity contribution in [2.45, 2.75) is 44.5 Å². The molecule has 0 aromatic heterocycles. The molecular weight excluding hydrogens is 256 g/mol. The lowest BCUT2D eigenvalue weighted by atomic mass is 10.1. The van der Waals surface area contributed by atoms with Gasteiger partial charge in [0.25, 0.3) is 0 Å². The van der Waals surface area contributed by atoms with Crippen LogP contribution in [0.15, 0.2) is 0 Å². The summed E-state index contributed by atoms with van der Waals surface area (Å²) in [5, 5.41) is 13.4. The van der Waals surface area contributed by atoms with E-state index in [0.717, 1.165) is 0 Å². The van der Waals surface area contributed by atoms with Crippen LogP contribution in [0.4, 0.5) is 0 Å². The summed E-state index contributed by atoms with van der Waals surface area (Å²) in [5.74, 6) is -1.12. The van der Waals surface area contributed by atoms with Gasteiger partial charge in [-0.1, -0.05) is 0 Å². The van der Waals surface area contributed by atoms with Gasteiger partial charge in [0.15, 0.2) is 0 Å². The average molecular weight is 276 g/mol. The van der Waals surface area contributed by atoms with Crippen molar-refractivity contribution in [1.29, 1.82) is 0 Å². The number of rotatable bonds is 7. The maximum atomic E-state index is 11.7. The molecule has 0 aromatic rings. The van der Waals surface area contributed by atoms with Gasteiger partial charge in [-0.15, -0.1) is 11.8 Å². The second-order valence-electron chi connectivity index (χ2n) is 4.89. The van der Waals surface area contributed by atoms with Crippen LogP contribution in [0.3, 0.4) is 0 Å². The largest absolute Gasteiger partial charge is 0.480 e. The summed E-state index contributed by atoms with van der Waals surface area (Å²) in [5.41, 5.74) is -0.320. The van der Waals surface area contributed by atoms with Gasteiger partial charge in [0.2, 0.25) is 12.3 Å². The molecule has 0 rings (SSSR count). The van der Waals surface area contributed by atoms with E-state index in [1.807, 2.05) is 20.8 Å². The maximum absolute atomic E-state index is 11.7. The average Bonchev–Trinajstić information content (AvgIpc) is 2.20. The molecule has 0 heterocycles. The van der Waals surface area contributed by atoms with Gasteiger partial charge in [0.1, 0.15) is 6.04 Å². The molecule has 0 aliphatic rings. The second kappa shape index (κ2) is 7.25. The quantitative estimate of drug-likeness (QED) is 0.578. The third kappa shape index (κ3) is 7.16. The van der Waals surface area contributed by atoms with E-state index in [4.69, 9.17) is 5.11 Å². The fourth-order valence-electron chi connectivity index (χ4n) is 1.06. The molecule has 0 aliphatic heterocycles. The van der Waals surface area contributed by atoms with Gasteiger partial charge in [-0.2, -0.15) is 0 Å². The summed E-state index contributed by atoms with van der Waals surface area (Å²) < 4.78 is 0. The van der Waals surface area contributed by atoms with E-state index in [9.17, 15) is 14.4 Å². The SMILES string of the molecule is CC(SCC(NC=O)C(=O)O)C(=O)NC(C)(C)C. The van der Waals surface area contributed by atoms with E-state index < -0.39 is 12.0 Å². The van der Waals surface area contributed by atoms with Crippen LogP contribution in [0.5, 0.6) is 0 Å². The van der Waals surface area contributed by atoms with E-state index in [1.54, 1.807) is 6.92 Å². The molecule has 7 heteroatoms. The summed E-state index contributed by atoms with van der Waals surface area (Å²) in [6.45, 7) is 7.31. The van der Waals surface area contributed by atoms with Crippen molar-refractivity contribution in [3.63, 3.8) is 0 Å². The molecule has 0 fully saturated rings. The van der Waals surface area contributed by atoms with Crippen LogP contribution < -0.4 is 10.6 Å². The Morgan fingerprint density at radius 1 is 1.39 bits per heavy atom. The number of amides is 2. The summed E-state index contributed by atoms with van der Waals surface area (Å²) in [6, 6.07) is -0.975. The fourth-order valence-corrected chi connectivity index (χ4v) is 1.99. The van der Waals surface area contributed by atoms with E-state index in [0.29, 0.717) is 6.41 Å². The molecule has 18 heavy (non-hydrogen) atoms. The highest BCUT2D eigenvalue weighted by atomic mass is 32.2. The summed E-state index contributed by atoms with van der Waals surface area (Å²) in [6.07, 6.45) is 0.346. The van der Waals surface area contributed by atoms with Gasteiger partial charge in [-0.3, -0.25) is 9.59 Å². The van der Waals surface area contributed by atoms with E-state index >= 15 is 0 Å². The summed E-state index contributed by atoms with van der Waals surface area (Å²) in [7, 11) is 0. The molecule has 3 N–H and O–H groups in total. The first-order chi connectivity index (χ1) is 8.17. The molecule has 2 amide bonds. The van der Waals surface area contributed by atoms with Gasteiger partial charge in [0.05, 0.1) is 5.25 Å². The van der Waals surface area contributed by atoms with Crippen molar-refractivity contribution < 1.29 is 19.5 Å². The Bertz CT molecular complexity index is 315. The first-order valence-corrected chi connectivity index (χ1v) is 6.58. The Morgan fingerprint density at radius 3 is 2.33 bits per heavy atom. The lowest BCUT2D eigenvalue weighted by molar-refractivity contribution is -0.139. The van der Waals surface area contributed by atoms with Crippen LogP contribution >= 0.6 is 11.8 Å². The van der Waals surface area contributed by atoms with Crippen LogP contribution in [-0.4, -0.2) is 46.0 Å². The molecule has 6 nitrogen and oxygen atoms in total. The topological polar surface area (TPSA) is 95.5 Å². The van der Waals surface area contributed by atoms with Crippen LogP contribution in [0.1, 0.15) is 27.7 Å². The number of hydrogen-bond donors (Lipinski definition) is 3. The van der Waals surface area contributed by atoms with Crippen LogP contribution in [0, 0.1) is 0 Å². The molecule has 2 atom stereocenters. The minimum absolute atomic E-state index is 0.146. The van der Waals surface area contributed by atoms with Crippen LogP contribution in [-0.2, 0) is 14.4 Å². The van der Waals surface area contributed by atoms with Crippen molar-refractivity contribution in [3.8, 4) is 0 Å². The second-order valence-corrected chi connectivity index (χ2v) is 6.26. The van der Waals surface area contributed by atoms with Gasteiger partial charge >= 0.3 is 5.97 Å². The molecule has 0 radical (unpaired) electrons. The Kier molecular flexibility index (Phi) is 6.75. The van der Waals surface area contributed by atoms with Gasteiger partial charge in [-0.25, -0.2) is 4.79 Å². The molecule has 2 unspecified atom stereocenters. The number of carboxylic acid groups (broad SMARTS) is 1. The van der Waals surface area contributed by atoms with Gasteiger partial charge in [0, 0.05) is 11.3 Å². The number of carbonyl (C=O) groups excluding carboxylic acids is 2. The molecule has 104 valence electrons. The monoisotopic (exact) mass is 276 g/mol. The number of aliphatic carboxylic acids is 1. The summed E-state index contributed by atoms with van der Waals surface area (Å²) >= 11 is 1.19. The summed E-state index contributed by atoms with van der Waals surface area (Å²) in [4.78, 5) is 32.7. The highest BCUT2D eigenvalue weighted by Gasteiger charge is 2.23. The van der Waals surface area contributed by atoms with E-state index in [1.165, 1.54) is 11.8 Å². The van der Waals surface area contributed by atoms with E-state index in [-0.39, 0.29) is 22.4 Å². The number of nitrogens with one attached hydrogen (secondary N) is 2. The zero-order valence-electron chi connectivity index (χ0n) is 11.0. The van der Waals surface area contributed by atoms with Crippen molar-refractivity contribution >= 4 is 30.0 Å². The Hall–Kier alpha value is -1.24. The molecule has 0 saturated heterocycles. The number of hydrogen-bond acceptors (Lipinski definition) is 4. The molecular formula is C11H20N2O4S. The minimum Gasteiger partial charge on any atom is -0.480 e. The van der Waals surface area contributed by atoms with Gasteiger partial charge < -0.3 is 15.7 Å². The first kappa shape index (κ1) is 16.8. The molecule has 0 spiro atoms. The van der Waals surface area contributed by atoms with Crippen molar-refractivity contribution in [3.05, 3.63) is 0 Å². The van der Waals surface area contributed by atoms with Crippen molar-refractivity contribution in [2.75, 3.05) is 5.75 Å². The van der Waals surface area contributed by atoms with Crippen molar-refractivity contribution in [2.24, 2.45) is 0 Å². The van der Waals surface area contributed by atoms with Crippen molar-refractivity contribution in [1.82, 2.24) is 10.6 Å². The number of carboxylic acids is 1. The predicted octanol–water partition coefficient (Wildman–Crippen LogP) is 0.222. The smallest absolute Gasteiger partial charge is 0.327 e. The lowest BCUT2D eigenvalue weighted by Gasteiger charge is -2.23. The zero-order valence-corrected chi connectivity index (χ0v) is 11.8. The number of thioether (sulfide) groups is 1. The Labute approximate surface area is 111 Å². The third-order valence-corrected chi connectivity index (χ3v) is 3.19. The predicted molar refractivity (Wildman–Crippen MR) is 70.4 cm³/mol. The highest BCUT2D eigenvalue weighted by molar-refractivity contribution is 8.00. The Morgan fingerprint density at radius 2 is 1.94 bits per heavy atom. The standard InChI is InChI=1S/C11H20N2O4S/c1-7(9(15)13-11(2,3)4)18-5-8(10(16)17)12-6-14/h6-8H,5H2,1-4H3,(H,12,14)(H,13,15)(H,16,17). The Balaban J connectivity index is 4.22. The number of carbonyl (C=O) groups is 3. The molecule has 0 aliphatic carbocycles. The maximum Gasteiger partial charge on any atom is 0.327 e. The van der Waals surface area contributed by atoms with E-state index in [2.05, 4.69) is 10.6 Å². The zero-order chi connectivity index (χ0) is 14.3. The molecule has 0 aromatic carbocycles. The van der Waals surface area contributed by atoms with Crippen LogP contribution in [0.25, 0.3) is 0 Å². The first-order valence-electron chi connectivity index (χ1n) is 5.53. The van der Waals surface area contributed by atoms with Gasteiger partial charge in [-0.05, 0) is 27.7 Å². The third-order valence-electron chi connectivity index (χ3n) is 1.95.